The van der Waals surface area contributed by atoms with Crippen LogP contribution in [0.2, 0.25) is 0 Å². The summed E-state index contributed by atoms with van der Waals surface area (Å²) in [6, 6.07) is 14.0. The van der Waals surface area contributed by atoms with Crippen molar-refractivity contribution in [2.45, 2.75) is 6.92 Å². The van der Waals surface area contributed by atoms with Gasteiger partial charge in [-0.2, -0.15) is 0 Å². The molecule has 3 aromatic rings. The van der Waals surface area contributed by atoms with Gasteiger partial charge in [0.25, 0.3) is 11.5 Å². The van der Waals surface area contributed by atoms with Gasteiger partial charge in [-0.15, -0.1) is 5.10 Å². The van der Waals surface area contributed by atoms with Crippen LogP contribution in [-0.4, -0.2) is 22.7 Å². The van der Waals surface area contributed by atoms with Gasteiger partial charge in [0.05, 0.1) is 17.7 Å². The van der Waals surface area contributed by atoms with Gasteiger partial charge in [0.15, 0.2) is 0 Å². The van der Waals surface area contributed by atoms with Gasteiger partial charge >= 0.3 is 0 Å². The first-order valence-electron chi connectivity index (χ1n) is 7.73. The number of hydrogen-bond acceptors (Lipinski definition) is 5. The van der Waals surface area contributed by atoms with Crippen molar-refractivity contribution < 1.29 is 9.53 Å². The number of aromatic nitrogens is 1. The first-order valence-corrected chi connectivity index (χ1v) is 8.14. The number of pyridine rings is 1. The molecule has 0 radical (unpaired) electrons. The Bertz CT molecular complexity index is 1100. The lowest BCUT2D eigenvalue weighted by molar-refractivity contribution is 0.0955. The summed E-state index contributed by atoms with van der Waals surface area (Å²) in [7, 11) is 1.56. The molecular weight excluding hydrogens is 350 g/mol. The smallest absolute Gasteiger partial charge is 0.271 e. The molecule has 1 heterocycles. The average Bonchev–Trinajstić information content (AvgIpc) is 2.66. The number of thiocarbonyl (C=S) groups is 1. The van der Waals surface area contributed by atoms with Crippen LogP contribution in [-0.2, 0) is 0 Å². The average molecular weight is 365 g/mol. The van der Waals surface area contributed by atoms with E-state index < -0.39 is 5.91 Å². The van der Waals surface area contributed by atoms with Crippen molar-refractivity contribution in [2.24, 2.45) is 5.10 Å². The maximum atomic E-state index is 13.0. The quantitative estimate of drug-likeness (QED) is 0.438. The Hall–Kier alpha value is -3.28. The van der Waals surface area contributed by atoms with Gasteiger partial charge in [-0.1, -0.05) is 6.07 Å². The number of methoxy groups -OCH3 is 1. The third-order valence-electron chi connectivity index (χ3n) is 4.00. The Morgan fingerprint density at radius 1 is 1.19 bits per heavy atom. The lowest BCUT2D eigenvalue weighted by Crippen LogP contribution is -2.21. The number of benzene rings is 2. The van der Waals surface area contributed by atoms with Crippen LogP contribution in [0, 0.1) is 6.92 Å². The van der Waals surface area contributed by atoms with Gasteiger partial charge in [0.1, 0.15) is 5.75 Å². The molecule has 1 aromatic heterocycles. The van der Waals surface area contributed by atoms with Crippen molar-refractivity contribution in [3.63, 3.8) is 0 Å². The van der Waals surface area contributed by atoms with E-state index in [9.17, 15) is 9.59 Å². The highest BCUT2D eigenvalue weighted by Gasteiger charge is 2.11. The number of aryl methyl sites for hydroxylation is 1. The van der Waals surface area contributed by atoms with Crippen LogP contribution in [0.15, 0.2) is 58.4 Å². The van der Waals surface area contributed by atoms with E-state index in [-0.39, 0.29) is 5.56 Å². The molecule has 0 aliphatic heterocycles. The fourth-order valence-corrected chi connectivity index (χ4v) is 2.81. The van der Waals surface area contributed by atoms with Crippen LogP contribution in [0.25, 0.3) is 16.5 Å². The molecule has 0 unspecified atom stereocenters. The summed E-state index contributed by atoms with van der Waals surface area (Å²) in [6.07, 6.45) is 0. The molecule has 0 fully saturated rings. The van der Waals surface area contributed by atoms with Crippen LogP contribution in [0.4, 0.5) is 0 Å². The molecule has 130 valence electrons. The number of fused-ring (bicyclic) bond motifs is 1. The third-order valence-corrected chi connectivity index (χ3v) is 4.09. The van der Waals surface area contributed by atoms with Gasteiger partial charge in [-0.05, 0) is 67.0 Å². The van der Waals surface area contributed by atoms with E-state index in [2.05, 4.69) is 27.9 Å². The Morgan fingerprint density at radius 2 is 1.92 bits per heavy atom. The highest BCUT2D eigenvalue weighted by Crippen LogP contribution is 2.20. The molecule has 0 aliphatic rings. The fraction of sp³-hybridized carbons (Fsp3) is 0.105. The zero-order chi connectivity index (χ0) is 18.7. The van der Waals surface area contributed by atoms with Crippen LogP contribution >= 0.6 is 12.2 Å². The monoisotopic (exact) mass is 365 g/mol. The van der Waals surface area contributed by atoms with E-state index in [1.807, 2.05) is 25.1 Å². The summed E-state index contributed by atoms with van der Waals surface area (Å²) in [6.45, 7) is 1.86. The zero-order valence-corrected chi connectivity index (χ0v) is 15.0. The van der Waals surface area contributed by atoms with Gasteiger partial charge in [-0.25, -0.2) is 5.43 Å². The summed E-state index contributed by atoms with van der Waals surface area (Å²) in [5, 5.41) is 6.88. The molecule has 6 nitrogen and oxygen atoms in total. The number of ether oxygens (including phenoxy) is 1. The summed E-state index contributed by atoms with van der Waals surface area (Å²) in [4.78, 5) is 24.8. The molecule has 1 amide bonds. The number of hydrazone groups is 1. The number of hydrogen-bond donors (Lipinski definition) is 1. The minimum Gasteiger partial charge on any atom is -0.497 e. The number of rotatable bonds is 4. The molecule has 0 atom stereocenters. The van der Waals surface area contributed by atoms with E-state index in [1.165, 1.54) is 0 Å². The number of carbonyl (C=O) groups excluding carboxylic acids is 1. The molecule has 1 N–H and O–H groups in total. The van der Waals surface area contributed by atoms with Crippen LogP contribution in [0.1, 0.15) is 16.1 Å². The first kappa shape index (κ1) is 17.5. The molecule has 0 aliphatic carbocycles. The summed E-state index contributed by atoms with van der Waals surface area (Å²) < 4.78 is 6.81. The predicted octanol–water partition coefficient (Wildman–Crippen LogP) is 3.06. The number of amides is 1. The molecule has 7 heteroatoms. The van der Waals surface area contributed by atoms with Crippen molar-refractivity contribution in [1.29, 1.82) is 0 Å². The second-order valence-corrected chi connectivity index (χ2v) is 5.75. The van der Waals surface area contributed by atoms with Gasteiger partial charge in [-0.3, -0.25) is 14.2 Å². The first-order chi connectivity index (χ1) is 12.5. The summed E-state index contributed by atoms with van der Waals surface area (Å²) >= 11 is 4.41. The van der Waals surface area contributed by atoms with E-state index in [0.29, 0.717) is 22.4 Å². The minimum absolute atomic E-state index is 0.151. The van der Waals surface area contributed by atoms with Gasteiger partial charge < -0.3 is 4.74 Å². The van der Waals surface area contributed by atoms with Gasteiger partial charge in [0, 0.05) is 16.9 Å². The molecule has 0 spiro atoms. The second kappa shape index (κ2) is 7.31. The Kier molecular flexibility index (Phi) is 4.93. The maximum absolute atomic E-state index is 13.0. The predicted molar refractivity (Wildman–Crippen MR) is 103 cm³/mol. The summed E-state index contributed by atoms with van der Waals surface area (Å²) in [5.41, 5.74) is 3.95. The van der Waals surface area contributed by atoms with E-state index >= 15 is 0 Å². The lowest BCUT2D eigenvalue weighted by atomic mass is 10.1. The van der Waals surface area contributed by atoms with Crippen LogP contribution < -0.4 is 15.7 Å². The molecule has 2 aromatic carbocycles. The number of carbonyl (C=O) groups is 1. The normalized spacial score (nSPS) is 10.2. The molecule has 26 heavy (non-hydrogen) atoms. The number of isothiocyanates is 1. The number of nitrogens with one attached hydrogen (secondary N) is 1. The van der Waals surface area contributed by atoms with E-state index in [4.69, 9.17) is 4.74 Å². The van der Waals surface area contributed by atoms with Crippen molar-refractivity contribution in [3.05, 3.63) is 70.1 Å². The van der Waals surface area contributed by atoms with Crippen LogP contribution in [0.3, 0.4) is 0 Å². The Labute approximate surface area is 154 Å². The molecular formula is C19H15N3O3S. The van der Waals surface area contributed by atoms with Crippen molar-refractivity contribution in [3.8, 4) is 11.4 Å². The van der Waals surface area contributed by atoms with Crippen molar-refractivity contribution in [1.82, 2.24) is 9.99 Å². The van der Waals surface area contributed by atoms with Crippen molar-refractivity contribution in [2.75, 3.05) is 7.11 Å². The topological polar surface area (TPSA) is 72.7 Å². The Morgan fingerprint density at radius 3 is 2.58 bits per heavy atom. The van der Waals surface area contributed by atoms with E-state index in [1.54, 1.807) is 42.0 Å². The Balaban J connectivity index is 2.08. The van der Waals surface area contributed by atoms with Crippen molar-refractivity contribution >= 4 is 34.1 Å². The van der Waals surface area contributed by atoms with Crippen LogP contribution in [0.5, 0.6) is 5.75 Å². The van der Waals surface area contributed by atoms with Gasteiger partial charge in [0.2, 0.25) is 0 Å². The zero-order valence-electron chi connectivity index (χ0n) is 14.1. The standard InChI is InChI=1S/C19H15N3O3S/c1-12-9-14-5-8-16(25-2)10-17(14)19(24)22(12)15-6-3-13(4-7-15)18(23)21-20-11-26/h3-10H,1-2H3,(H,21,23). The molecule has 0 saturated heterocycles. The lowest BCUT2D eigenvalue weighted by Gasteiger charge is -2.13. The third kappa shape index (κ3) is 3.26. The largest absolute Gasteiger partial charge is 0.497 e. The highest BCUT2D eigenvalue weighted by atomic mass is 32.1. The molecule has 3 rings (SSSR count). The number of nitrogens with zero attached hydrogens (tertiary/aromatic N) is 2. The minimum atomic E-state index is -0.402. The highest BCUT2D eigenvalue weighted by molar-refractivity contribution is 7.78. The molecule has 0 saturated carbocycles. The van der Waals surface area contributed by atoms with E-state index in [0.717, 1.165) is 11.1 Å². The SMILES string of the molecule is COc1ccc2cc(C)n(-c3ccc(C(=O)NN=C=S)cc3)c(=O)c2c1. The molecule has 0 bridgehead atoms. The fourth-order valence-electron chi connectivity index (χ4n) is 2.76. The maximum Gasteiger partial charge on any atom is 0.271 e. The second-order valence-electron chi connectivity index (χ2n) is 5.57. The summed E-state index contributed by atoms with van der Waals surface area (Å²) in [5.74, 6) is 0.220.